The average Bonchev–Trinajstić information content (AvgIpc) is 4.41. The number of methoxy groups -OCH3 is 6. The quantitative estimate of drug-likeness (QED) is 0.0618. The summed E-state index contributed by atoms with van der Waals surface area (Å²) in [6, 6.07) is 21.1. The molecule has 5 saturated heterocycles. The van der Waals surface area contributed by atoms with Gasteiger partial charge < -0.3 is 48.0 Å². The number of ether oxygens (including phenoxy) is 6. The van der Waals surface area contributed by atoms with Crippen molar-refractivity contribution in [3.8, 4) is 0 Å². The first-order valence-electron chi connectivity index (χ1n) is 29.0. The molecule has 81 heavy (non-hydrogen) atoms. The summed E-state index contributed by atoms with van der Waals surface area (Å²) in [6.07, 6.45) is 3.16. The topological polar surface area (TPSA) is 171 Å². The fourth-order valence-corrected chi connectivity index (χ4v) is 18.8. The highest BCUT2D eigenvalue weighted by atomic mass is 28.3. The van der Waals surface area contributed by atoms with Crippen LogP contribution in [0.3, 0.4) is 0 Å². The lowest BCUT2D eigenvalue weighted by molar-refractivity contribution is -0.152. The summed E-state index contributed by atoms with van der Waals surface area (Å²) < 4.78 is 65.2. The van der Waals surface area contributed by atoms with E-state index in [0.717, 1.165) is 34.3 Å². The van der Waals surface area contributed by atoms with Gasteiger partial charge in [-0.25, -0.2) is 8.78 Å². The standard InChI is InChI=1S/C62H84F2N4O12Si/c1-39(77-5)48(33-58(71)79-7)61(73)66-35-43(37-75-3)27-54(66)56(69)29-41-11-15-45(16-12-41)52-19-20-53(68(52)47-31-50(63)60(51(64)32-47)65-21-25-81(26-22-65)23-9-10-24-81)46-17-13-42(14-18-46)30-57(70)55-28-44(38-76-4)36-67(55)62(74)49(40(2)78-6)34-59(72)80-8/h11-18,31-32,39-40,43-44,48-49,52-55H,9-10,19-30,33-38H2,1-8H3/t39-,40-,43+,44+,48+,49+,52+,53+,54+,55+/m1/s1. The van der Waals surface area contributed by atoms with Crippen molar-refractivity contribution in [1.82, 2.24) is 9.80 Å². The molecule has 0 aromatic heterocycles. The highest BCUT2D eigenvalue weighted by Crippen LogP contribution is 2.49. The molecule has 19 heteroatoms. The van der Waals surface area contributed by atoms with Gasteiger partial charge in [-0.05, 0) is 86.0 Å². The third-order valence-corrected chi connectivity index (χ3v) is 24.0. The summed E-state index contributed by atoms with van der Waals surface area (Å²) in [4.78, 5) is 88.9. The molecule has 0 radical (unpaired) electrons. The number of esters is 2. The van der Waals surface area contributed by atoms with Crippen molar-refractivity contribution >= 4 is 54.8 Å². The van der Waals surface area contributed by atoms with E-state index in [1.807, 2.05) is 53.4 Å². The molecular formula is C62H84F2N4O12Si. The minimum absolute atomic E-state index is 0.0301. The highest BCUT2D eigenvalue weighted by Gasteiger charge is 2.46. The Hall–Kier alpha value is -5.60. The SMILES string of the molecule is COC[C@H]1C[C@@H](C(=O)Cc2ccc([C@@H]3CC[C@@H](c4ccc(CC(=O)[C@@H]5C[C@H](COC)CN5C(=O)[C@@H](CC(=O)OC)[C@@H](C)OC)cc4)N3c3cc(F)c(N4CC[Si]5(CCCC5)CC4)c(F)c3)cc2)N(C(=O)[C@@H](CC(=O)OC)[C@@H](C)OC)C1. The van der Waals surface area contributed by atoms with E-state index in [2.05, 4.69) is 4.90 Å². The van der Waals surface area contributed by atoms with Gasteiger partial charge in [0.1, 0.15) is 5.69 Å². The largest absolute Gasteiger partial charge is 0.469 e. The number of halogens is 2. The summed E-state index contributed by atoms with van der Waals surface area (Å²) in [5, 5.41) is 0. The normalized spacial score (nSPS) is 24.1. The molecule has 10 atom stereocenters. The first-order chi connectivity index (χ1) is 38.9. The van der Waals surface area contributed by atoms with Crippen molar-refractivity contribution in [2.75, 3.05) is 91.9 Å². The molecule has 1 spiro atoms. The van der Waals surface area contributed by atoms with Crippen LogP contribution < -0.4 is 9.80 Å². The van der Waals surface area contributed by atoms with E-state index in [4.69, 9.17) is 28.4 Å². The van der Waals surface area contributed by atoms with Gasteiger partial charge in [0.05, 0.1) is 96.6 Å². The second-order valence-electron chi connectivity index (χ2n) is 23.5. The van der Waals surface area contributed by atoms with Crippen LogP contribution in [-0.2, 0) is 70.0 Å². The van der Waals surface area contributed by atoms with Crippen LogP contribution in [0.2, 0.25) is 24.2 Å². The monoisotopic (exact) mass is 1140 g/mol. The number of hydrogen-bond donors (Lipinski definition) is 0. The Morgan fingerprint density at radius 3 is 1.37 bits per heavy atom. The van der Waals surface area contributed by atoms with Gasteiger partial charge >= 0.3 is 11.9 Å². The lowest BCUT2D eigenvalue weighted by atomic mass is 9.95. The summed E-state index contributed by atoms with van der Waals surface area (Å²) in [6.45, 7) is 6.08. The minimum atomic E-state index is -1.36. The first kappa shape index (κ1) is 61.5. The number of carbonyl (C=O) groups excluding carboxylic acids is 6. The molecule has 5 fully saturated rings. The van der Waals surface area contributed by atoms with Crippen molar-refractivity contribution in [2.24, 2.45) is 23.7 Å². The van der Waals surface area contributed by atoms with Gasteiger partial charge in [-0.2, -0.15) is 0 Å². The number of anilines is 2. The van der Waals surface area contributed by atoms with Crippen molar-refractivity contribution in [2.45, 2.75) is 139 Å². The second-order valence-corrected chi connectivity index (χ2v) is 28.5. The number of amides is 2. The van der Waals surface area contributed by atoms with E-state index in [-0.39, 0.29) is 78.7 Å². The Bertz CT molecular complexity index is 2520. The van der Waals surface area contributed by atoms with Crippen molar-refractivity contribution in [3.63, 3.8) is 0 Å². The van der Waals surface area contributed by atoms with E-state index in [1.54, 1.807) is 37.9 Å². The number of hydrogen-bond acceptors (Lipinski definition) is 14. The molecule has 0 aliphatic carbocycles. The summed E-state index contributed by atoms with van der Waals surface area (Å²) >= 11 is 0. The molecule has 3 aromatic carbocycles. The Morgan fingerprint density at radius 2 is 1.00 bits per heavy atom. The molecule has 0 saturated carbocycles. The molecule has 3 aromatic rings. The zero-order chi connectivity index (χ0) is 58.1. The number of nitrogens with zero attached hydrogens (tertiary/aromatic N) is 4. The van der Waals surface area contributed by atoms with Crippen LogP contribution in [0.25, 0.3) is 0 Å². The van der Waals surface area contributed by atoms with Crippen LogP contribution >= 0.6 is 0 Å². The van der Waals surface area contributed by atoms with Crippen LogP contribution in [0.4, 0.5) is 20.2 Å². The number of rotatable bonds is 24. The van der Waals surface area contributed by atoms with E-state index in [1.165, 1.54) is 65.5 Å². The number of ketones is 2. The van der Waals surface area contributed by atoms with Crippen LogP contribution in [0, 0.1) is 35.3 Å². The summed E-state index contributed by atoms with van der Waals surface area (Å²) in [5.74, 6) is -5.13. The summed E-state index contributed by atoms with van der Waals surface area (Å²) in [5.41, 5.74) is 3.72. The van der Waals surface area contributed by atoms with Crippen molar-refractivity contribution in [1.29, 1.82) is 0 Å². The van der Waals surface area contributed by atoms with Crippen LogP contribution in [0.15, 0.2) is 60.7 Å². The smallest absolute Gasteiger partial charge is 0.306 e. The van der Waals surface area contributed by atoms with Gasteiger partial charge in [-0.15, -0.1) is 0 Å². The maximum Gasteiger partial charge on any atom is 0.306 e. The maximum atomic E-state index is 16.7. The predicted octanol–water partition coefficient (Wildman–Crippen LogP) is 8.49. The van der Waals surface area contributed by atoms with Gasteiger partial charge in [0.15, 0.2) is 23.2 Å². The van der Waals surface area contributed by atoms with Gasteiger partial charge in [0.25, 0.3) is 0 Å². The zero-order valence-electron chi connectivity index (χ0n) is 48.6. The van der Waals surface area contributed by atoms with Crippen molar-refractivity contribution < 1.29 is 66.0 Å². The molecule has 8 rings (SSSR count). The number of likely N-dealkylation sites (tertiary alicyclic amines) is 2. The third-order valence-electron chi connectivity index (χ3n) is 18.6. The average molecular weight is 1140 g/mol. The van der Waals surface area contributed by atoms with Crippen LogP contribution in [0.1, 0.15) is 99.6 Å². The Balaban J connectivity index is 1.04. The molecule has 16 nitrogen and oxygen atoms in total. The molecule has 5 heterocycles. The molecular weight excluding hydrogens is 1060 g/mol. The fourth-order valence-electron chi connectivity index (χ4n) is 13.9. The Labute approximate surface area is 477 Å². The number of Topliss-reactive ketones (excluding diaryl/α,β-unsaturated/α-hetero) is 2. The lowest BCUT2D eigenvalue weighted by Gasteiger charge is -2.39. The minimum Gasteiger partial charge on any atom is -0.469 e. The lowest BCUT2D eigenvalue weighted by Crippen LogP contribution is -2.47. The molecule has 0 N–H and O–H groups in total. The van der Waals surface area contributed by atoms with Gasteiger partial charge in [-0.3, -0.25) is 28.8 Å². The second kappa shape index (κ2) is 27.6. The van der Waals surface area contributed by atoms with E-state index >= 15 is 8.78 Å². The van der Waals surface area contributed by atoms with Crippen LogP contribution in [0.5, 0.6) is 0 Å². The number of carbonyl (C=O) groups is 6. The van der Waals surface area contributed by atoms with Crippen LogP contribution in [-0.4, -0.2) is 160 Å². The zero-order valence-corrected chi connectivity index (χ0v) is 49.6. The Kier molecular flexibility index (Phi) is 21.0. The molecule has 2 amide bonds. The van der Waals surface area contributed by atoms with Gasteiger partial charge in [-0.1, -0.05) is 73.5 Å². The molecule has 5 aliphatic rings. The van der Waals surface area contributed by atoms with E-state index in [9.17, 15) is 28.8 Å². The van der Waals surface area contributed by atoms with E-state index in [0.29, 0.717) is 70.8 Å². The van der Waals surface area contributed by atoms with Gasteiger partial charge in [0.2, 0.25) is 11.8 Å². The Morgan fingerprint density at radius 1 is 0.593 bits per heavy atom. The first-order valence-corrected chi connectivity index (χ1v) is 31.8. The molecule has 442 valence electrons. The van der Waals surface area contributed by atoms with Gasteiger partial charge in [0, 0.05) is 85.0 Å². The number of benzene rings is 3. The van der Waals surface area contributed by atoms with Crippen molar-refractivity contribution in [3.05, 3.63) is 94.6 Å². The third kappa shape index (κ3) is 14.1. The molecule has 0 unspecified atom stereocenters. The fraction of sp³-hybridized carbons (Fsp3) is 0.613. The van der Waals surface area contributed by atoms with E-state index < -0.39 is 67.8 Å². The summed E-state index contributed by atoms with van der Waals surface area (Å²) in [7, 11) is 7.29. The predicted molar refractivity (Wildman–Crippen MR) is 304 cm³/mol. The molecule has 0 bridgehead atoms. The highest BCUT2D eigenvalue weighted by molar-refractivity contribution is 6.80. The maximum absolute atomic E-state index is 16.7. The molecule has 5 aliphatic heterocycles.